The van der Waals surface area contributed by atoms with Gasteiger partial charge in [0.05, 0.1) is 37.6 Å². The first-order valence-electron chi connectivity index (χ1n) is 9.17. The van der Waals surface area contributed by atoms with Crippen LogP contribution in [0.5, 0.6) is 5.75 Å². The van der Waals surface area contributed by atoms with Crippen molar-refractivity contribution in [3.8, 4) is 11.4 Å². The summed E-state index contributed by atoms with van der Waals surface area (Å²) in [5.74, 6) is 0.252. The van der Waals surface area contributed by atoms with Crippen molar-refractivity contribution in [3.63, 3.8) is 0 Å². The van der Waals surface area contributed by atoms with Crippen LogP contribution in [0.25, 0.3) is 5.69 Å². The Balaban J connectivity index is 1.47. The predicted octanol–water partition coefficient (Wildman–Crippen LogP) is 3.73. The first-order chi connectivity index (χ1) is 14.5. The number of methoxy groups -OCH3 is 1. The SMILES string of the molecule is COc1cc(NC(=O)c2cn(Cc3ccc(Cl)cc3)nn2)ccc1-n1cnc(C)c1. The zero-order valence-electron chi connectivity index (χ0n) is 16.4. The molecule has 9 heteroatoms. The number of hydrogen-bond donors (Lipinski definition) is 1. The summed E-state index contributed by atoms with van der Waals surface area (Å²) in [6.07, 6.45) is 5.21. The molecule has 0 aliphatic carbocycles. The molecule has 0 atom stereocenters. The number of aromatic nitrogens is 5. The van der Waals surface area contributed by atoms with E-state index >= 15 is 0 Å². The maximum atomic E-state index is 12.6. The lowest BCUT2D eigenvalue weighted by atomic mass is 10.2. The van der Waals surface area contributed by atoms with E-state index in [0.717, 1.165) is 16.9 Å². The van der Waals surface area contributed by atoms with E-state index in [2.05, 4.69) is 20.6 Å². The molecule has 4 rings (SSSR count). The maximum absolute atomic E-state index is 12.6. The average molecular weight is 423 g/mol. The highest BCUT2D eigenvalue weighted by Crippen LogP contribution is 2.27. The summed E-state index contributed by atoms with van der Waals surface area (Å²) in [4.78, 5) is 16.8. The molecule has 1 amide bonds. The second kappa shape index (κ2) is 8.38. The molecule has 0 aliphatic heterocycles. The summed E-state index contributed by atoms with van der Waals surface area (Å²) < 4.78 is 8.94. The fourth-order valence-corrected chi connectivity index (χ4v) is 3.10. The number of hydrogen-bond acceptors (Lipinski definition) is 5. The highest BCUT2D eigenvalue weighted by molar-refractivity contribution is 6.30. The van der Waals surface area contributed by atoms with Gasteiger partial charge in [0.1, 0.15) is 5.75 Å². The maximum Gasteiger partial charge on any atom is 0.277 e. The minimum absolute atomic E-state index is 0.220. The summed E-state index contributed by atoms with van der Waals surface area (Å²) in [5, 5.41) is 11.5. The fourth-order valence-electron chi connectivity index (χ4n) is 2.97. The van der Waals surface area contributed by atoms with E-state index in [1.165, 1.54) is 0 Å². The Morgan fingerprint density at radius 1 is 1.17 bits per heavy atom. The number of imidazole rings is 1. The standard InChI is InChI=1S/C21H19ClN6O2/c1-14-10-27(13-23-14)19-8-7-17(9-20(19)30-2)24-21(29)18-12-28(26-25-18)11-15-3-5-16(22)6-4-15/h3-10,12-13H,11H2,1-2H3,(H,24,29). The number of benzene rings is 2. The van der Waals surface area contributed by atoms with Gasteiger partial charge < -0.3 is 14.6 Å². The molecule has 0 saturated heterocycles. The zero-order valence-corrected chi connectivity index (χ0v) is 17.2. The van der Waals surface area contributed by atoms with E-state index in [4.69, 9.17) is 16.3 Å². The summed E-state index contributed by atoms with van der Waals surface area (Å²) in [6.45, 7) is 2.40. The van der Waals surface area contributed by atoms with Gasteiger partial charge in [-0.1, -0.05) is 28.9 Å². The molecule has 0 unspecified atom stereocenters. The monoisotopic (exact) mass is 422 g/mol. The van der Waals surface area contributed by atoms with Crippen molar-refractivity contribution in [1.29, 1.82) is 0 Å². The topological polar surface area (TPSA) is 86.9 Å². The van der Waals surface area contributed by atoms with Crippen LogP contribution in [0.15, 0.2) is 61.2 Å². The van der Waals surface area contributed by atoms with Gasteiger partial charge in [-0.15, -0.1) is 5.10 Å². The molecule has 0 saturated carbocycles. The van der Waals surface area contributed by atoms with Gasteiger partial charge in [-0.05, 0) is 36.8 Å². The van der Waals surface area contributed by atoms with Crippen LogP contribution in [0.2, 0.25) is 5.02 Å². The third-order valence-electron chi connectivity index (χ3n) is 4.46. The molecule has 0 spiro atoms. The van der Waals surface area contributed by atoms with Crippen molar-refractivity contribution >= 4 is 23.2 Å². The molecule has 30 heavy (non-hydrogen) atoms. The van der Waals surface area contributed by atoms with Crippen molar-refractivity contribution in [2.24, 2.45) is 0 Å². The van der Waals surface area contributed by atoms with Crippen LogP contribution in [0.1, 0.15) is 21.7 Å². The number of nitrogens with zero attached hydrogens (tertiary/aromatic N) is 5. The molecule has 2 heterocycles. The third kappa shape index (κ3) is 4.33. The highest BCUT2D eigenvalue weighted by atomic mass is 35.5. The van der Waals surface area contributed by atoms with Gasteiger partial charge in [-0.25, -0.2) is 9.67 Å². The molecule has 0 bridgehead atoms. The van der Waals surface area contributed by atoms with E-state index in [1.807, 2.05) is 48.0 Å². The number of aryl methyl sites for hydroxylation is 1. The first kappa shape index (κ1) is 19.7. The molecule has 1 N–H and O–H groups in total. The molecule has 8 nitrogen and oxygen atoms in total. The molecule has 4 aromatic rings. The predicted molar refractivity (Wildman–Crippen MR) is 113 cm³/mol. The molecule has 2 aromatic carbocycles. The van der Waals surface area contributed by atoms with Crippen molar-refractivity contribution in [1.82, 2.24) is 24.5 Å². The van der Waals surface area contributed by atoms with Crippen LogP contribution < -0.4 is 10.1 Å². The van der Waals surface area contributed by atoms with Crippen LogP contribution in [-0.4, -0.2) is 37.6 Å². The van der Waals surface area contributed by atoms with Gasteiger partial charge in [0.25, 0.3) is 5.91 Å². The number of anilines is 1. The van der Waals surface area contributed by atoms with Crippen molar-refractivity contribution in [2.75, 3.05) is 12.4 Å². The number of carbonyl (C=O) groups is 1. The molecular weight excluding hydrogens is 404 g/mol. The number of amides is 1. The number of carbonyl (C=O) groups excluding carboxylic acids is 1. The molecule has 0 radical (unpaired) electrons. The highest BCUT2D eigenvalue weighted by Gasteiger charge is 2.13. The second-order valence-corrected chi connectivity index (χ2v) is 7.13. The molecule has 2 aromatic heterocycles. The van der Waals surface area contributed by atoms with Crippen molar-refractivity contribution in [3.05, 3.63) is 83.2 Å². The van der Waals surface area contributed by atoms with Gasteiger partial charge in [0.2, 0.25) is 0 Å². The number of ether oxygens (including phenoxy) is 1. The number of nitrogens with one attached hydrogen (secondary N) is 1. The number of halogens is 1. The molecule has 152 valence electrons. The smallest absolute Gasteiger partial charge is 0.277 e. The molecule has 0 aliphatic rings. The Morgan fingerprint density at radius 3 is 2.67 bits per heavy atom. The van der Waals surface area contributed by atoms with Crippen LogP contribution in [0.4, 0.5) is 5.69 Å². The lowest BCUT2D eigenvalue weighted by molar-refractivity contribution is 0.102. The van der Waals surface area contributed by atoms with E-state index in [0.29, 0.717) is 23.0 Å². The van der Waals surface area contributed by atoms with Crippen LogP contribution >= 0.6 is 11.6 Å². The van der Waals surface area contributed by atoms with Crippen LogP contribution in [-0.2, 0) is 6.54 Å². The Morgan fingerprint density at radius 2 is 1.97 bits per heavy atom. The van der Waals surface area contributed by atoms with Gasteiger partial charge in [0.15, 0.2) is 5.69 Å². The largest absolute Gasteiger partial charge is 0.494 e. The lowest BCUT2D eigenvalue weighted by Crippen LogP contribution is -2.12. The normalized spacial score (nSPS) is 10.8. The quantitative estimate of drug-likeness (QED) is 0.511. The molecule has 0 fully saturated rings. The van der Waals surface area contributed by atoms with Gasteiger partial charge in [0, 0.05) is 23.0 Å². The second-order valence-electron chi connectivity index (χ2n) is 6.69. The number of rotatable bonds is 6. The van der Waals surface area contributed by atoms with Crippen molar-refractivity contribution < 1.29 is 9.53 Å². The summed E-state index contributed by atoms with van der Waals surface area (Å²) in [5.41, 5.74) is 3.54. The Bertz CT molecular complexity index is 1180. The van der Waals surface area contributed by atoms with Gasteiger partial charge in [-0.3, -0.25) is 4.79 Å². The van der Waals surface area contributed by atoms with E-state index < -0.39 is 0 Å². The Kier molecular flexibility index (Phi) is 5.49. The van der Waals surface area contributed by atoms with Crippen molar-refractivity contribution in [2.45, 2.75) is 13.5 Å². The minimum Gasteiger partial charge on any atom is -0.494 e. The van der Waals surface area contributed by atoms with Gasteiger partial charge in [-0.2, -0.15) is 0 Å². The van der Waals surface area contributed by atoms with E-state index in [-0.39, 0.29) is 11.6 Å². The Hall–Kier alpha value is -3.65. The summed E-state index contributed by atoms with van der Waals surface area (Å²) in [6, 6.07) is 12.8. The zero-order chi connectivity index (χ0) is 21.1. The van der Waals surface area contributed by atoms with Gasteiger partial charge >= 0.3 is 0 Å². The minimum atomic E-state index is -0.356. The lowest BCUT2D eigenvalue weighted by Gasteiger charge is -2.11. The van der Waals surface area contributed by atoms with E-state index in [1.54, 1.807) is 36.4 Å². The fraction of sp³-hybridized carbons (Fsp3) is 0.143. The Labute approximate surface area is 178 Å². The third-order valence-corrected chi connectivity index (χ3v) is 4.71. The van der Waals surface area contributed by atoms with E-state index in [9.17, 15) is 4.79 Å². The average Bonchev–Trinajstić information content (AvgIpc) is 3.39. The summed E-state index contributed by atoms with van der Waals surface area (Å²) in [7, 11) is 1.58. The van der Waals surface area contributed by atoms with Crippen LogP contribution in [0.3, 0.4) is 0 Å². The first-order valence-corrected chi connectivity index (χ1v) is 9.54. The molecular formula is C21H19ClN6O2. The summed E-state index contributed by atoms with van der Waals surface area (Å²) >= 11 is 5.90. The van der Waals surface area contributed by atoms with Crippen LogP contribution in [0, 0.1) is 6.92 Å².